The lowest BCUT2D eigenvalue weighted by molar-refractivity contribution is -0.0408. The molecule has 1 unspecified atom stereocenters. The summed E-state index contributed by atoms with van der Waals surface area (Å²) in [6.45, 7) is 14.6. The van der Waals surface area contributed by atoms with Crippen molar-refractivity contribution in [3.63, 3.8) is 0 Å². The van der Waals surface area contributed by atoms with Gasteiger partial charge in [0.05, 0.1) is 29.7 Å². The smallest absolute Gasteiger partial charge is 0.290 e. The van der Waals surface area contributed by atoms with Crippen LogP contribution in [0.15, 0.2) is 16.7 Å². The Hall–Kier alpha value is -2.85. The van der Waals surface area contributed by atoms with Gasteiger partial charge in [0.1, 0.15) is 11.9 Å². The number of hydrogen-bond donors (Lipinski definition) is 0. The monoisotopic (exact) mass is 436 g/mol. The highest BCUT2D eigenvalue weighted by Crippen LogP contribution is 2.38. The van der Waals surface area contributed by atoms with Crippen molar-refractivity contribution in [3.8, 4) is 6.07 Å². The molecule has 2 aromatic rings. The van der Waals surface area contributed by atoms with Crippen molar-refractivity contribution >= 4 is 11.7 Å². The van der Waals surface area contributed by atoms with Crippen molar-refractivity contribution in [1.82, 2.24) is 9.88 Å². The van der Waals surface area contributed by atoms with Crippen LogP contribution in [0.1, 0.15) is 79.0 Å². The van der Waals surface area contributed by atoms with Crippen LogP contribution < -0.4 is 4.90 Å². The Labute approximate surface area is 190 Å². The Morgan fingerprint density at radius 1 is 1.31 bits per heavy atom. The molecule has 0 aromatic carbocycles. The number of amides is 1. The molecule has 0 bridgehead atoms. The van der Waals surface area contributed by atoms with E-state index in [0.717, 1.165) is 28.2 Å². The number of hydrogen-bond acceptors (Lipinski definition) is 6. The van der Waals surface area contributed by atoms with Crippen LogP contribution in [0.25, 0.3) is 0 Å². The first-order valence-electron chi connectivity index (χ1n) is 11.3. The van der Waals surface area contributed by atoms with Crippen molar-refractivity contribution in [3.05, 3.63) is 46.0 Å². The summed E-state index contributed by atoms with van der Waals surface area (Å²) in [5.74, 6) is 1.28. The summed E-state index contributed by atoms with van der Waals surface area (Å²) in [6.07, 6.45) is 2.24. The summed E-state index contributed by atoms with van der Waals surface area (Å²) >= 11 is 0. The van der Waals surface area contributed by atoms with Crippen molar-refractivity contribution in [2.24, 2.45) is 0 Å². The largest absolute Gasteiger partial charge is 0.459 e. The molecular weight excluding hydrogens is 404 g/mol. The van der Waals surface area contributed by atoms with E-state index in [1.807, 2.05) is 24.8 Å². The summed E-state index contributed by atoms with van der Waals surface area (Å²) in [7, 11) is 0. The molecule has 0 spiro atoms. The summed E-state index contributed by atoms with van der Waals surface area (Å²) in [4.78, 5) is 22.0. The van der Waals surface area contributed by atoms with Gasteiger partial charge in [-0.05, 0) is 45.2 Å². The Kier molecular flexibility index (Phi) is 5.76. The minimum Gasteiger partial charge on any atom is -0.459 e. The molecule has 1 atom stereocenters. The zero-order valence-corrected chi connectivity index (χ0v) is 19.9. The number of nitrogens with zero attached hydrogens (tertiary/aromatic N) is 4. The molecule has 1 fully saturated rings. The molecule has 4 rings (SSSR count). The molecular formula is C25H32N4O3. The van der Waals surface area contributed by atoms with E-state index in [1.165, 1.54) is 0 Å². The number of pyridine rings is 1. The molecule has 7 nitrogen and oxygen atoms in total. The quantitative estimate of drug-likeness (QED) is 0.718. The van der Waals surface area contributed by atoms with Crippen molar-refractivity contribution < 1.29 is 13.9 Å². The third-order valence-corrected chi connectivity index (χ3v) is 6.54. The van der Waals surface area contributed by atoms with E-state index in [0.29, 0.717) is 44.0 Å². The van der Waals surface area contributed by atoms with Gasteiger partial charge in [-0.25, -0.2) is 4.98 Å². The number of piperazine rings is 1. The van der Waals surface area contributed by atoms with Gasteiger partial charge < -0.3 is 19.0 Å². The van der Waals surface area contributed by atoms with E-state index in [2.05, 4.69) is 38.7 Å². The molecule has 2 aromatic heterocycles. The molecule has 0 radical (unpaired) electrons. The van der Waals surface area contributed by atoms with E-state index in [-0.39, 0.29) is 23.5 Å². The Balaban J connectivity index is 1.67. The van der Waals surface area contributed by atoms with E-state index < -0.39 is 0 Å². The number of anilines is 1. The van der Waals surface area contributed by atoms with E-state index in [1.54, 1.807) is 6.26 Å². The second kappa shape index (κ2) is 8.25. The first kappa shape index (κ1) is 22.3. The number of nitriles is 1. The van der Waals surface area contributed by atoms with E-state index >= 15 is 0 Å². The fourth-order valence-corrected chi connectivity index (χ4v) is 4.78. The van der Waals surface area contributed by atoms with E-state index in [4.69, 9.17) is 14.1 Å². The minimum absolute atomic E-state index is 0.0348. The number of aromatic nitrogens is 1. The maximum atomic E-state index is 13.0. The first-order valence-corrected chi connectivity index (χ1v) is 11.3. The Bertz CT molecular complexity index is 1080. The fraction of sp³-hybridized carbons (Fsp3) is 0.560. The molecule has 4 heterocycles. The summed E-state index contributed by atoms with van der Waals surface area (Å²) in [5.41, 5.74) is 4.31. The highest BCUT2D eigenvalue weighted by Gasteiger charge is 2.36. The van der Waals surface area contributed by atoms with Crippen molar-refractivity contribution in [1.29, 1.82) is 5.26 Å². The first-order chi connectivity index (χ1) is 15.1. The summed E-state index contributed by atoms with van der Waals surface area (Å²) in [5, 5.41) is 10.1. The van der Waals surface area contributed by atoms with Crippen LogP contribution in [0.2, 0.25) is 0 Å². The van der Waals surface area contributed by atoms with Gasteiger partial charge in [0.15, 0.2) is 5.76 Å². The molecule has 1 saturated heterocycles. The van der Waals surface area contributed by atoms with Crippen LogP contribution in [0.4, 0.5) is 5.82 Å². The van der Waals surface area contributed by atoms with Crippen LogP contribution in [0.5, 0.6) is 0 Å². The topological polar surface area (TPSA) is 82.6 Å². The van der Waals surface area contributed by atoms with Gasteiger partial charge in [-0.15, -0.1) is 0 Å². The summed E-state index contributed by atoms with van der Waals surface area (Å²) < 4.78 is 11.5. The lowest BCUT2D eigenvalue weighted by atomic mass is 9.86. The molecule has 0 saturated carbocycles. The zero-order valence-electron chi connectivity index (χ0n) is 19.9. The number of rotatable bonds is 3. The molecule has 32 heavy (non-hydrogen) atoms. The lowest BCUT2D eigenvalue weighted by Gasteiger charge is -2.41. The number of ether oxygens (including phenoxy) is 1. The van der Waals surface area contributed by atoms with Crippen molar-refractivity contribution in [2.45, 2.75) is 72.1 Å². The van der Waals surface area contributed by atoms with Gasteiger partial charge >= 0.3 is 0 Å². The third kappa shape index (κ3) is 3.88. The SMILES string of the molecule is Cc1ccoc1C(=O)N1CCN(c2nc(C(C)C)c3c(c2C#N)CC(C)(C)OC3)CC1C. The highest BCUT2D eigenvalue weighted by molar-refractivity contribution is 5.93. The van der Waals surface area contributed by atoms with Crippen LogP contribution >= 0.6 is 0 Å². The predicted octanol–water partition coefficient (Wildman–Crippen LogP) is 4.18. The third-order valence-electron chi connectivity index (χ3n) is 6.54. The van der Waals surface area contributed by atoms with Gasteiger partial charge in [-0.1, -0.05) is 13.8 Å². The number of carbonyl (C=O) groups is 1. The maximum absolute atomic E-state index is 13.0. The maximum Gasteiger partial charge on any atom is 0.290 e. The van der Waals surface area contributed by atoms with Crippen molar-refractivity contribution in [2.75, 3.05) is 24.5 Å². The normalized spacial score (nSPS) is 20.2. The highest BCUT2D eigenvalue weighted by atomic mass is 16.5. The molecule has 2 aliphatic rings. The molecule has 7 heteroatoms. The Morgan fingerprint density at radius 2 is 2.06 bits per heavy atom. The van der Waals surface area contributed by atoms with Gasteiger partial charge in [0.2, 0.25) is 0 Å². The van der Waals surface area contributed by atoms with E-state index in [9.17, 15) is 10.1 Å². The average molecular weight is 437 g/mol. The minimum atomic E-state index is -0.315. The number of aryl methyl sites for hydroxylation is 1. The predicted molar refractivity (Wildman–Crippen MR) is 122 cm³/mol. The lowest BCUT2D eigenvalue weighted by Crippen LogP contribution is -2.54. The number of carbonyl (C=O) groups excluding carboxylic acids is 1. The second-order valence-electron chi connectivity index (χ2n) is 9.87. The summed E-state index contributed by atoms with van der Waals surface area (Å²) in [6, 6.07) is 4.22. The molecule has 2 aliphatic heterocycles. The van der Waals surface area contributed by atoms with Gasteiger partial charge in [0.25, 0.3) is 5.91 Å². The number of fused-ring (bicyclic) bond motifs is 1. The van der Waals surface area contributed by atoms with Crippen LogP contribution in [-0.4, -0.2) is 47.1 Å². The standard InChI is InChI=1S/C25H32N4O3/c1-15(2)21-20-14-32-25(5,6)11-18(20)19(12-26)23(27-21)28-8-9-29(17(4)13-28)24(30)22-16(3)7-10-31-22/h7,10,15,17H,8-9,11,13-14H2,1-6H3. The molecule has 0 N–H and O–H groups in total. The van der Waals surface area contributed by atoms with Gasteiger partial charge in [0, 0.05) is 43.2 Å². The second-order valence-corrected chi connectivity index (χ2v) is 9.87. The molecule has 170 valence electrons. The van der Waals surface area contributed by atoms with Gasteiger partial charge in [-0.2, -0.15) is 5.26 Å². The van der Waals surface area contributed by atoms with Crippen LogP contribution in [0.3, 0.4) is 0 Å². The van der Waals surface area contributed by atoms with Crippen LogP contribution in [0, 0.1) is 18.3 Å². The number of furan rings is 1. The molecule has 1 amide bonds. The Morgan fingerprint density at radius 3 is 2.66 bits per heavy atom. The van der Waals surface area contributed by atoms with Crippen LogP contribution in [-0.2, 0) is 17.8 Å². The zero-order chi connectivity index (χ0) is 23.2. The average Bonchev–Trinajstić information content (AvgIpc) is 3.17. The van der Waals surface area contributed by atoms with Gasteiger partial charge in [-0.3, -0.25) is 4.79 Å². The fourth-order valence-electron chi connectivity index (χ4n) is 4.78. The molecule has 0 aliphatic carbocycles.